The SMILES string of the molecule is O=C(CN1CCN(c2nccn2-c2ccccc2F)CC1)NC1CCCC1. The summed E-state index contributed by atoms with van der Waals surface area (Å²) in [5, 5.41) is 3.15. The maximum atomic E-state index is 14.2. The molecule has 6 nitrogen and oxygen atoms in total. The van der Waals surface area contributed by atoms with E-state index in [2.05, 4.69) is 20.1 Å². The fraction of sp³-hybridized carbons (Fsp3) is 0.500. The van der Waals surface area contributed by atoms with Crippen molar-refractivity contribution in [3.05, 3.63) is 42.5 Å². The Morgan fingerprint density at radius 1 is 1.15 bits per heavy atom. The third-order valence-corrected chi connectivity index (χ3v) is 5.48. The monoisotopic (exact) mass is 371 g/mol. The van der Waals surface area contributed by atoms with Crippen LogP contribution in [0.5, 0.6) is 0 Å². The van der Waals surface area contributed by atoms with E-state index in [1.54, 1.807) is 29.1 Å². The third kappa shape index (κ3) is 4.13. The van der Waals surface area contributed by atoms with E-state index in [0.29, 0.717) is 18.3 Å². The molecule has 27 heavy (non-hydrogen) atoms. The van der Waals surface area contributed by atoms with Gasteiger partial charge in [-0.3, -0.25) is 14.3 Å². The first-order valence-electron chi connectivity index (χ1n) is 9.75. The fourth-order valence-electron chi connectivity index (χ4n) is 4.02. The quantitative estimate of drug-likeness (QED) is 0.876. The fourth-order valence-corrected chi connectivity index (χ4v) is 4.02. The molecule has 0 atom stereocenters. The Balaban J connectivity index is 1.34. The molecular formula is C20H26FN5O. The van der Waals surface area contributed by atoms with Crippen molar-refractivity contribution in [1.82, 2.24) is 19.8 Å². The van der Waals surface area contributed by atoms with Crippen LogP contribution in [0.15, 0.2) is 36.7 Å². The standard InChI is InChI=1S/C20H26FN5O/c21-17-7-3-4-8-18(17)26-10-9-22-20(26)25-13-11-24(12-14-25)15-19(27)23-16-5-1-2-6-16/h3-4,7-10,16H,1-2,5-6,11-15H2,(H,23,27). The van der Waals surface area contributed by atoms with E-state index in [4.69, 9.17) is 0 Å². The molecule has 1 aromatic heterocycles. The Kier molecular flexibility index (Phi) is 5.38. The van der Waals surface area contributed by atoms with Gasteiger partial charge in [-0.25, -0.2) is 9.37 Å². The Morgan fingerprint density at radius 2 is 1.89 bits per heavy atom. The minimum Gasteiger partial charge on any atom is -0.352 e. The summed E-state index contributed by atoms with van der Waals surface area (Å²) in [5.74, 6) is 0.609. The van der Waals surface area contributed by atoms with Crippen LogP contribution in [0.4, 0.5) is 10.3 Å². The molecule has 1 saturated heterocycles. The zero-order valence-electron chi connectivity index (χ0n) is 15.5. The number of carbonyl (C=O) groups is 1. The van der Waals surface area contributed by atoms with Crippen LogP contribution in [0.2, 0.25) is 0 Å². The number of amides is 1. The second-order valence-electron chi connectivity index (χ2n) is 7.36. The Hall–Kier alpha value is -2.41. The zero-order chi connectivity index (χ0) is 18.6. The average Bonchev–Trinajstić information content (AvgIpc) is 3.35. The number of anilines is 1. The molecule has 0 radical (unpaired) electrons. The number of hydrogen-bond donors (Lipinski definition) is 1. The van der Waals surface area contributed by atoms with E-state index in [0.717, 1.165) is 45.0 Å². The molecule has 0 spiro atoms. The Labute approximate surface area is 159 Å². The largest absolute Gasteiger partial charge is 0.352 e. The molecule has 2 heterocycles. The molecule has 0 bridgehead atoms. The maximum absolute atomic E-state index is 14.2. The molecule has 4 rings (SSSR count). The number of imidazole rings is 1. The summed E-state index contributed by atoms with van der Waals surface area (Å²) in [6.07, 6.45) is 8.14. The normalized spacial score (nSPS) is 18.8. The van der Waals surface area contributed by atoms with Crippen molar-refractivity contribution in [3.8, 4) is 5.69 Å². The number of para-hydroxylation sites is 1. The highest BCUT2D eigenvalue weighted by Gasteiger charge is 2.24. The number of nitrogens with zero attached hydrogens (tertiary/aromatic N) is 4. The molecule has 1 aliphatic carbocycles. The lowest BCUT2D eigenvalue weighted by molar-refractivity contribution is -0.123. The third-order valence-electron chi connectivity index (χ3n) is 5.48. The van der Waals surface area contributed by atoms with Crippen LogP contribution in [-0.4, -0.2) is 59.1 Å². The number of hydrogen-bond acceptors (Lipinski definition) is 4. The molecule has 1 amide bonds. The zero-order valence-corrected chi connectivity index (χ0v) is 15.5. The van der Waals surface area contributed by atoms with Crippen molar-refractivity contribution in [3.63, 3.8) is 0 Å². The predicted molar refractivity (Wildman–Crippen MR) is 103 cm³/mol. The number of halogens is 1. The van der Waals surface area contributed by atoms with Crippen LogP contribution < -0.4 is 10.2 Å². The first kappa shape index (κ1) is 18.0. The summed E-state index contributed by atoms with van der Waals surface area (Å²) in [7, 11) is 0. The summed E-state index contributed by atoms with van der Waals surface area (Å²) in [6, 6.07) is 7.09. The van der Waals surface area contributed by atoms with Crippen LogP contribution in [0.25, 0.3) is 5.69 Å². The van der Waals surface area contributed by atoms with Crippen molar-refractivity contribution >= 4 is 11.9 Å². The topological polar surface area (TPSA) is 53.4 Å². The van der Waals surface area contributed by atoms with Crippen LogP contribution in [0.3, 0.4) is 0 Å². The van der Waals surface area contributed by atoms with Crippen LogP contribution in [0, 0.1) is 5.82 Å². The van der Waals surface area contributed by atoms with E-state index in [1.165, 1.54) is 18.9 Å². The smallest absolute Gasteiger partial charge is 0.234 e. The van der Waals surface area contributed by atoms with E-state index in [-0.39, 0.29) is 11.7 Å². The predicted octanol–water partition coefficient (Wildman–Crippen LogP) is 2.19. The van der Waals surface area contributed by atoms with E-state index in [9.17, 15) is 9.18 Å². The number of aromatic nitrogens is 2. The molecule has 144 valence electrons. The highest BCUT2D eigenvalue weighted by Crippen LogP contribution is 2.22. The van der Waals surface area contributed by atoms with Crippen molar-refractivity contribution in [2.75, 3.05) is 37.6 Å². The number of carbonyl (C=O) groups excluding carboxylic acids is 1. The van der Waals surface area contributed by atoms with Gasteiger partial charge in [-0.1, -0.05) is 25.0 Å². The molecule has 1 aliphatic heterocycles. The minimum absolute atomic E-state index is 0.128. The van der Waals surface area contributed by atoms with Gasteiger partial charge in [-0.2, -0.15) is 0 Å². The molecule has 1 saturated carbocycles. The summed E-state index contributed by atoms with van der Waals surface area (Å²) in [6.45, 7) is 3.57. The second kappa shape index (κ2) is 8.08. The molecular weight excluding hydrogens is 345 g/mol. The van der Waals surface area contributed by atoms with Gasteiger partial charge in [0.2, 0.25) is 11.9 Å². The van der Waals surface area contributed by atoms with Gasteiger partial charge < -0.3 is 10.2 Å². The molecule has 7 heteroatoms. The van der Waals surface area contributed by atoms with Crippen LogP contribution in [0.1, 0.15) is 25.7 Å². The molecule has 0 unspecified atom stereocenters. The first-order chi connectivity index (χ1) is 13.2. The van der Waals surface area contributed by atoms with E-state index >= 15 is 0 Å². The van der Waals surface area contributed by atoms with Crippen molar-refractivity contribution in [2.45, 2.75) is 31.7 Å². The Morgan fingerprint density at radius 3 is 2.63 bits per heavy atom. The summed E-state index contributed by atoms with van der Waals surface area (Å²) in [4.78, 5) is 21.0. The van der Waals surface area contributed by atoms with Gasteiger partial charge >= 0.3 is 0 Å². The summed E-state index contributed by atoms with van der Waals surface area (Å²) < 4.78 is 15.9. The van der Waals surface area contributed by atoms with Gasteiger partial charge in [0.25, 0.3) is 0 Å². The molecule has 2 aliphatic rings. The van der Waals surface area contributed by atoms with Gasteiger partial charge in [0.15, 0.2) is 0 Å². The number of piperazine rings is 1. The molecule has 2 fully saturated rings. The van der Waals surface area contributed by atoms with Gasteiger partial charge in [0.1, 0.15) is 5.82 Å². The van der Waals surface area contributed by atoms with Gasteiger partial charge in [-0.05, 0) is 25.0 Å². The van der Waals surface area contributed by atoms with Crippen molar-refractivity contribution in [1.29, 1.82) is 0 Å². The molecule has 1 N–H and O–H groups in total. The number of rotatable bonds is 5. The van der Waals surface area contributed by atoms with Gasteiger partial charge in [-0.15, -0.1) is 0 Å². The second-order valence-corrected chi connectivity index (χ2v) is 7.36. The molecule has 1 aromatic carbocycles. The highest BCUT2D eigenvalue weighted by molar-refractivity contribution is 5.78. The lowest BCUT2D eigenvalue weighted by atomic mass is 10.2. The number of benzene rings is 1. The lowest BCUT2D eigenvalue weighted by Gasteiger charge is -2.35. The van der Waals surface area contributed by atoms with Crippen molar-refractivity contribution in [2.24, 2.45) is 0 Å². The Bertz CT molecular complexity index is 778. The van der Waals surface area contributed by atoms with Gasteiger partial charge in [0, 0.05) is 44.6 Å². The van der Waals surface area contributed by atoms with Gasteiger partial charge in [0.05, 0.1) is 12.2 Å². The summed E-state index contributed by atoms with van der Waals surface area (Å²) >= 11 is 0. The van der Waals surface area contributed by atoms with E-state index in [1.807, 2.05) is 6.07 Å². The first-order valence-corrected chi connectivity index (χ1v) is 9.75. The van der Waals surface area contributed by atoms with Crippen LogP contribution in [-0.2, 0) is 4.79 Å². The summed E-state index contributed by atoms with van der Waals surface area (Å²) in [5.41, 5.74) is 0.503. The number of nitrogens with one attached hydrogen (secondary N) is 1. The lowest BCUT2D eigenvalue weighted by Crippen LogP contribution is -2.50. The minimum atomic E-state index is -0.265. The van der Waals surface area contributed by atoms with Crippen molar-refractivity contribution < 1.29 is 9.18 Å². The van der Waals surface area contributed by atoms with Crippen LogP contribution >= 0.6 is 0 Å². The highest BCUT2D eigenvalue weighted by atomic mass is 19.1. The maximum Gasteiger partial charge on any atom is 0.234 e. The average molecular weight is 371 g/mol. The van der Waals surface area contributed by atoms with E-state index < -0.39 is 0 Å². The molecule has 2 aromatic rings.